The molecule has 0 aliphatic rings. The van der Waals surface area contributed by atoms with Crippen LogP contribution in [0.5, 0.6) is 23.0 Å². The Morgan fingerprint density at radius 3 is 2.26 bits per heavy atom. The van der Waals surface area contributed by atoms with E-state index < -0.39 is 5.97 Å². The molecule has 0 unspecified atom stereocenters. The molecule has 0 atom stereocenters. The molecule has 5 nitrogen and oxygen atoms in total. The number of hydrogen-bond donors (Lipinski definition) is 0. The lowest BCUT2D eigenvalue weighted by atomic mass is 10.2. The number of carbonyl (C=O) groups excluding carboxylic acids is 1. The Morgan fingerprint density at radius 1 is 1.04 bits per heavy atom. The van der Waals surface area contributed by atoms with E-state index in [9.17, 15) is 4.79 Å². The van der Waals surface area contributed by atoms with Gasteiger partial charge in [0.15, 0.2) is 18.1 Å². The van der Waals surface area contributed by atoms with E-state index >= 15 is 0 Å². The molecular formula is C17H17ClO5. The molecule has 0 N–H and O–H groups in total. The van der Waals surface area contributed by atoms with Crippen molar-refractivity contribution in [2.45, 2.75) is 6.92 Å². The van der Waals surface area contributed by atoms with Crippen molar-refractivity contribution in [3.63, 3.8) is 0 Å². The zero-order valence-electron chi connectivity index (χ0n) is 13.1. The summed E-state index contributed by atoms with van der Waals surface area (Å²) in [5.74, 6) is 1.03. The molecule has 0 amide bonds. The van der Waals surface area contributed by atoms with Gasteiger partial charge in [0.25, 0.3) is 0 Å². The van der Waals surface area contributed by atoms with E-state index in [1.54, 1.807) is 36.4 Å². The Hall–Kier alpha value is -2.40. The number of carbonyl (C=O) groups is 1. The minimum Gasteiger partial charge on any atom is -0.493 e. The number of ether oxygens (including phenoxy) is 4. The first kappa shape index (κ1) is 17.0. The average molecular weight is 337 g/mol. The maximum atomic E-state index is 12.0. The topological polar surface area (TPSA) is 54.0 Å². The fourth-order valence-corrected chi connectivity index (χ4v) is 2.20. The molecule has 0 aromatic heterocycles. The first-order valence-corrected chi connectivity index (χ1v) is 7.23. The smallest absolute Gasteiger partial charge is 0.349 e. The van der Waals surface area contributed by atoms with Crippen LogP contribution in [0.3, 0.4) is 0 Å². The number of esters is 1. The Kier molecular flexibility index (Phi) is 5.71. The summed E-state index contributed by atoms with van der Waals surface area (Å²) in [4.78, 5) is 12.0. The second-order valence-electron chi connectivity index (χ2n) is 4.66. The van der Waals surface area contributed by atoms with Gasteiger partial charge in [0.05, 0.1) is 14.2 Å². The second kappa shape index (κ2) is 7.74. The molecule has 0 aliphatic heterocycles. The van der Waals surface area contributed by atoms with Crippen LogP contribution in [-0.2, 0) is 4.79 Å². The molecule has 0 fully saturated rings. The number of hydrogen-bond acceptors (Lipinski definition) is 5. The highest BCUT2D eigenvalue weighted by Crippen LogP contribution is 2.36. The van der Waals surface area contributed by atoms with E-state index in [-0.39, 0.29) is 12.4 Å². The lowest BCUT2D eigenvalue weighted by Gasteiger charge is -2.13. The summed E-state index contributed by atoms with van der Waals surface area (Å²) in [5, 5.41) is 0.608. The van der Waals surface area contributed by atoms with Gasteiger partial charge in [0.1, 0.15) is 5.75 Å². The normalized spacial score (nSPS) is 10.1. The minimum absolute atomic E-state index is 0.221. The summed E-state index contributed by atoms with van der Waals surface area (Å²) in [6.07, 6.45) is 0. The molecule has 0 bridgehead atoms. The maximum absolute atomic E-state index is 12.0. The summed E-state index contributed by atoms with van der Waals surface area (Å²) in [7, 11) is 2.97. The van der Waals surface area contributed by atoms with Crippen molar-refractivity contribution < 1.29 is 23.7 Å². The zero-order valence-corrected chi connectivity index (χ0v) is 13.8. The maximum Gasteiger partial charge on any atom is 0.349 e. The lowest BCUT2D eigenvalue weighted by Crippen LogP contribution is -2.18. The molecule has 2 rings (SSSR count). The van der Waals surface area contributed by atoms with E-state index in [1.165, 1.54) is 14.2 Å². The van der Waals surface area contributed by atoms with Crippen molar-refractivity contribution in [2.24, 2.45) is 0 Å². The van der Waals surface area contributed by atoms with E-state index in [1.807, 2.05) is 6.92 Å². The molecular weight excluding hydrogens is 320 g/mol. The molecule has 0 radical (unpaired) electrons. The van der Waals surface area contributed by atoms with Gasteiger partial charge in [0, 0.05) is 5.02 Å². The number of halogens is 1. The van der Waals surface area contributed by atoms with Crippen LogP contribution in [-0.4, -0.2) is 26.8 Å². The highest BCUT2D eigenvalue weighted by Gasteiger charge is 2.16. The molecule has 0 heterocycles. The number of rotatable bonds is 6. The van der Waals surface area contributed by atoms with Gasteiger partial charge in [-0.15, -0.1) is 0 Å². The largest absolute Gasteiger partial charge is 0.493 e. The molecule has 2 aromatic carbocycles. The highest BCUT2D eigenvalue weighted by atomic mass is 35.5. The van der Waals surface area contributed by atoms with Crippen molar-refractivity contribution >= 4 is 17.6 Å². The third-order valence-corrected chi connectivity index (χ3v) is 3.32. The van der Waals surface area contributed by atoms with Crippen molar-refractivity contribution in [3.8, 4) is 23.0 Å². The van der Waals surface area contributed by atoms with Gasteiger partial charge in [-0.1, -0.05) is 17.7 Å². The Balaban J connectivity index is 2.05. The van der Waals surface area contributed by atoms with Gasteiger partial charge in [-0.2, -0.15) is 0 Å². The van der Waals surface area contributed by atoms with Crippen LogP contribution in [0.25, 0.3) is 0 Å². The third kappa shape index (κ3) is 4.29. The molecule has 122 valence electrons. The van der Waals surface area contributed by atoms with Gasteiger partial charge in [0.2, 0.25) is 5.75 Å². The summed E-state index contributed by atoms with van der Waals surface area (Å²) in [5.41, 5.74) is 0.833. The second-order valence-corrected chi connectivity index (χ2v) is 5.10. The molecule has 0 saturated heterocycles. The van der Waals surface area contributed by atoms with Crippen LogP contribution >= 0.6 is 11.6 Å². The van der Waals surface area contributed by atoms with Crippen LogP contribution < -0.4 is 18.9 Å². The first-order chi connectivity index (χ1) is 11.0. The highest BCUT2D eigenvalue weighted by molar-refractivity contribution is 6.30. The van der Waals surface area contributed by atoms with Crippen LogP contribution in [0.4, 0.5) is 0 Å². The van der Waals surface area contributed by atoms with Gasteiger partial charge in [-0.05, 0) is 42.8 Å². The van der Waals surface area contributed by atoms with E-state index in [0.29, 0.717) is 22.3 Å². The zero-order chi connectivity index (χ0) is 16.8. The first-order valence-electron chi connectivity index (χ1n) is 6.85. The number of methoxy groups -OCH3 is 2. The molecule has 0 saturated carbocycles. The Labute approximate surface area is 139 Å². The molecule has 23 heavy (non-hydrogen) atoms. The number of aryl methyl sites for hydroxylation is 1. The third-order valence-electron chi connectivity index (χ3n) is 3.08. The summed E-state index contributed by atoms with van der Waals surface area (Å²) < 4.78 is 21.1. The van der Waals surface area contributed by atoms with E-state index in [0.717, 1.165) is 5.56 Å². The quantitative estimate of drug-likeness (QED) is 0.595. The summed E-state index contributed by atoms with van der Waals surface area (Å²) in [6.45, 7) is 1.60. The van der Waals surface area contributed by atoms with Gasteiger partial charge in [-0.3, -0.25) is 0 Å². The summed E-state index contributed by atoms with van der Waals surface area (Å²) in [6, 6.07) is 10.2. The predicted molar refractivity (Wildman–Crippen MR) is 86.9 cm³/mol. The molecule has 0 spiro atoms. The molecule has 2 aromatic rings. The fourth-order valence-electron chi connectivity index (χ4n) is 1.97. The average Bonchev–Trinajstić information content (AvgIpc) is 2.54. The number of benzene rings is 2. The van der Waals surface area contributed by atoms with Gasteiger partial charge < -0.3 is 18.9 Å². The van der Waals surface area contributed by atoms with Crippen LogP contribution in [0.2, 0.25) is 5.02 Å². The van der Waals surface area contributed by atoms with Crippen molar-refractivity contribution in [3.05, 3.63) is 47.0 Å². The Morgan fingerprint density at radius 2 is 1.70 bits per heavy atom. The Bertz CT molecular complexity index is 677. The fraction of sp³-hybridized carbons (Fsp3) is 0.235. The summed E-state index contributed by atoms with van der Waals surface area (Å²) >= 11 is 5.88. The number of para-hydroxylation sites is 1. The van der Waals surface area contributed by atoms with Crippen LogP contribution in [0.1, 0.15) is 5.56 Å². The monoisotopic (exact) mass is 336 g/mol. The van der Waals surface area contributed by atoms with E-state index in [4.69, 9.17) is 30.5 Å². The molecule has 0 aliphatic carbocycles. The van der Waals surface area contributed by atoms with Crippen LogP contribution in [0.15, 0.2) is 36.4 Å². The predicted octanol–water partition coefficient (Wildman–Crippen LogP) is 3.65. The lowest BCUT2D eigenvalue weighted by molar-refractivity contribution is -0.136. The standard InChI is InChI=1S/C17H17ClO5/c1-11-9-12(18)7-8-13(11)22-10-16(19)23-17-14(20-2)5-4-6-15(17)21-3/h4-9H,10H2,1-3H3. The van der Waals surface area contributed by atoms with Crippen LogP contribution in [0, 0.1) is 6.92 Å². The van der Waals surface area contributed by atoms with Crippen molar-refractivity contribution in [1.29, 1.82) is 0 Å². The SMILES string of the molecule is COc1cccc(OC)c1OC(=O)COc1ccc(Cl)cc1C. The minimum atomic E-state index is -0.567. The van der Waals surface area contributed by atoms with Crippen molar-refractivity contribution in [1.82, 2.24) is 0 Å². The molecule has 6 heteroatoms. The van der Waals surface area contributed by atoms with Gasteiger partial charge in [-0.25, -0.2) is 4.79 Å². The van der Waals surface area contributed by atoms with E-state index in [2.05, 4.69) is 0 Å². The van der Waals surface area contributed by atoms with Crippen molar-refractivity contribution in [2.75, 3.05) is 20.8 Å². The van der Waals surface area contributed by atoms with Gasteiger partial charge >= 0.3 is 5.97 Å².